The number of nitrogens with one attached hydrogen (secondary N) is 1. The predicted molar refractivity (Wildman–Crippen MR) is 158 cm³/mol. The van der Waals surface area contributed by atoms with E-state index in [1.807, 2.05) is 60.7 Å². The van der Waals surface area contributed by atoms with Crippen molar-refractivity contribution in [3.8, 4) is 5.75 Å². The van der Waals surface area contributed by atoms with E-state index in [0.717, 1.165) is 42.9 Å². The number of anilines is 1. The zero-order valence-electron chi connectivity index (χ0n) is 22.2. The van der Waals surface area contributed by atoms with Gasteiger partial charge in [-0.15, -0.1) is 0 Å². The van der Waals surface area contributed by atoms with Gasteiger partial charge in [0.1, 0.15) is 18.5 Å². The third-order valence-electron chi connectivity index (χ3n) is 7.35. The van der Waals surface area contributed by atoms with Gasteiger partial charge in [-0.25, -0.2) is 0 Å². The Morgan fingerprint density at radius 2 is 1.64 bits per heavy atom. The van der Waals surface area contributed by atoms with Crippen molar-refractivity contribution in [3.63, 3.8) is 0 Å². The van der Waals surface area contributed by atoms with E-state index in [2.05, 4.69) is 52.7 Å². The number of ether oxygens (including phenoxy) is 1. The number of likely N-dealkylation sites (tertiary alicyclic amines) is 1. The summed E-state index contributed by atoms with van der Waals surface area (Å²) in [6.45, 7) is 2.79. The number of hydrogen-bond acceptors (Lipinski definition) is 4. The number of para-hydroxylation sites is 2. The highest BCUT2D eigenvalue weighted by Gasteiger charge is 2.22. The summed E-state index contributed by atoms with van der Waals surface area (Å²) < 4.78 is 6.01. The number of rotatable bonds is 10. The van der Waals surface area contributed by atoms with Gasteiger partial charge in [0.05, 0.1) is 0 Å². The molecule has 5 nitrogen and oxygen atoms in total. The molecule has 5 heteroatoms. The largest absolute Gasteiger partial charge is 0.491 e. The number of aliphatic hydroxyl groups excluding tert-OH is 1. The zero-order chi connectivity index (χ0) is 26.9. The Balaban J connectivity index is 1.07. The smallest absolute Gasteiger partial charge is 0.248 e. The number of hydrogen-bond donors (Lipinski definition) is 2. The lowest BCUT2D eigenvalue weighted by Gasteiger charge is -2.33. The van der Waals surface area contributed by atoms with Crippen molar-refractivity contribution in [2.24, 2.45) is 0 Å². The van der Waals surface area contributed by atoms with Crippen LogP contribution in [0.15, 0.2) is 109 Å². The van der Waals surface area contributed by atoms with E-state index in [1.165, 1.54) is 16.3 Å². The van der Waals surface area contributed by atoms with Crippen LogP contribution < -0.4 is 10.1 Å². The van der Waals surface area contributed by atoms with Crippen LogP contribution in [0, 0.1) is 0 Å². The van der Waals surface area contributed by atoms with Gasteiger partial charge >= 0.3 is 0 Å². The molecule has 1 atom stereocenters. The Kier molecular flexibility index (Phi) is 9.05. The zero-order valence-corrected chi connectivity index (χ0v) is 22.2. The average molecular weight is 521 g/mol. The van der Waals surface area contributed by atoms with Gasteiger partial charge < -0.3 is 20.1 Å². The van der Waals surface area contributed by atoms with Crippen molar-refractivity contribution < 1.29 is 14.6 Å². The lowest BCUT2D eigenvalue weighted by Crippen LogP contribution is -2.40. The number of piperidine rings is 1. The normalized spacial score (nSPS) is 15.4. The monoisotopic (exact) mass is 520 g/mol. The summed E-state index contributed by atoms with van der Waals surface area (Å²) in [6.07, 6.45) is 5.56. The minimum Gasteiger partial charge on any atom is -0.491 e. The first-order chi connectivity index (χ1) is 19.1. The first-order valence-electron chi connectivity index (χ1n) is 13.8. The van der Waals surface area contributed by atoms with E-state index in [4.69, 9.17) is 4.74 Å². The minimum absolute atomic E-state index is 0.167. The van der Waals surface area contributed by atoms with Crippen LogP contribution in [0.25, 0.3) is 10.8 Å². The molecule has 1 fully saturated rings. The van der Waals surface area contributed by atoms with Crippen molar-refractivity contribution >= 4 is 22.4 Å². The number of nitrogens with zero attached hydrogens (tertiary/aromatic N) is 1. The molecule has 1 saturated heterocycles. The van der Waals surface area contributed by atoms with Crippen LogP contribution in [0.1, 0.15) is 29.9 Å². The highest BCUT2D eigenvalue weighted by atomic mass is 16.5. The molecule has 1 aliphatic rings. The summed E-state index contributed by atoms with van der Waals surface area (Å²) in [7, 11) is 0. The van der Waals surface area contributed by atoms with Gasteiger partial charge in [-0.2, -0.15) is 0 Å². The number of amides is 1. The lowest BCUT2D eigenvalue weighted by atomic mass is 9.88. The molecule has 2 N–H and O–H groups in total. The second kappa shape index (κ2) is 13.2. The second-order valence-corrected chi connectivity index (χ2v) is 10.2. The molecule has 200 valence electrons. The predicted octanol–water partition coefficient (Wildman–Crippen LogP) is 6.20. The maximum absolute atomic E-state index is 12.2. The number of allylic oxidation sites excluding steroid dienone is 1. The first kappa shape index (κ1) is 26.7. The maximum Gasteiger partial charge on any atom is 0.248 e. The van der Waals surface area contributed by atoms with E-state index in [-0.39, 0.29) is 12.5 Å². The summed E-state index contributed by atoms with van der Waals surface area (Å²) >= 11 is 0. The molecular formula is C34H36N2O3. The number of carbonyl (C=O) groups is 1. The number of β-amino-alcohol motifs (C(OH)–C–C–N with tert-alkyl or cyclic N) is 1. The van der Waals surface area contributed by atoms with Crippen LogP contribution in [-0.4, -0.2) is 48.3 Å². The Labute approximate surface area is 230 Å². The van der Waals surface area contributed by atoms with Gasteiger partial charge in [0.2, 0.25) is 5.91 Å². The minimum atomic E-state index is -0.567. The van der Waals surface area contributed by atoms with Gasteiger partial charge in [-0.3, -0.25) is 4.79 Å². The number of aliphatic hydroxyl groups is 1. The van der Waals surface area contributed by atoms with E-state index < -0.39 is 6.10 Å². The number of benzene rings is 4. The van der Waals surface area contributed by atoms with Gasteiger partial charge in [0.15, 0.2) is 0 Å². The van der Waals surface area contributed by atoms with E-state index in [0.29, 0.717) is 18.9 Å². The SMILES string of the molecule is O=C(C=CCc1ccccc1OCC(O)CN1CCC(c2ccc3ccccc3c2)CC1)Nc1ccccc1. The standard InChI is InChI=1S/C34H36N2O3/c37-32(24-36-21-19-27(20-22-36)30-18-17-26-9-4-5-11-29(26)23-30)25-39-33-15-7-6-10-28(33)12-8-16-34(38)35-31-13-2-1-3-14-31/h1-11,13-18,23,27,32,37H,12,19-22,24-25H2,(H,35,38). The topological polar surface area (TPSA) is 61.8 Å². The molecule has 0 spiro atoms. The van der Waals surface area contributed by atoms with Crippen LogP contribution in [-0.2, 0) is 11.2 Å². The second-order valence-electron chi connectivity index (χ2n) is 10.2. The number of carbonyl (C=O) groups excluding carboxylic acids is 1. The van der Waals surface area contributed by atoms with Gasteiger partial charge in [-0.1, -0.05) is 84.9 Å². The Morgan fingerprint density at radius 3 is 2.46 bits per heavy atom. The molecule has 0 aliphatic carbocycles. The van der Waals surface area contributed by atoms with Crippen LogP contribution in [0.2, 0.25) is 0 Å². The van der Waals surface area contributed by atoms with Crippen molar-refractivity contribution in [1.82, 2.24) is 4.90 Å². The highest BCUT2D eigenvalue weighted by Crippen LogP contribution is 2.30. The maximum atomic E-state index is 12.2. The van der Waals surface area contributed by atoms with Crippen LogP contribution in [0.4, 0.5) is 5.69 Å². The average Bonchev–Trinajstić information content (AvgIpc) is 2.97. The summed E-state index contributed by atoms with van der Waals surface area (Å²) in [6, 6.07) is 32.5. The van der Waals surface area contributed by atoms with Crippen molar-refractivity contribution in [3.05, 3.63) is 120 Å². The molecule has 39 heavy (non-hydrogen) atoms. The van der Waals surface area contributed by atoms with E-state index >= 15 is 0 Å². The summed E-state index contributed by atoms with van der Waals surface area (Å²) in [4.78, 5) is 14.5. The van der Waals surface area contributed by atoms with Gasteiger partial charge in [0.25, 0.3) is 0 Å². The Morgan fingerprint density at radius 1 is 0.923 bits per heavy atom. The molecule has 0 bridgehead atoms. The molecule has 4 aromatic rings. The van der Waals surface area contributed by atoms with E-state index in [9.17, 15) is 9.90 Å². The summed E-state index contributed by atoms with van der Waals surface area (Å²) in [5.41, 5.74) is 3.16. The Bertz CT molecular complexity index is 1390. The fourth-order valence-corrected chi connectivity index (χ4v) is 5.26. The fourth-order valence-electron chi connectivity index (χ4n) is 5.26. The molecule has 5 rings (SSSR count). The first-order valence-corrected chi connectivity index (χ1v) is 13.8. The van der Waals surface area contributed by atoms with Crippen molar-refractivity contribution in [2.75, 3.05) is 31.6 Å². The summed E-state index contributed by atoms with van der Waals surface area (Å²) in [5, 5.41) is 16.1. The molecule has 1 aliphatic heterocycles. The molecule has 0 radical (unpaired) electrons. The fraction of sp³-hybridized carbons (Fsp3) is 0.265. The third kappa shape index (κ3) is 7.56. The third-order valence-corrected chi connectivity index (χ3v) is 7.35. The highest BCUT2D eigenvalue weighted by molar-refractivity contribution is 5.99. The number of fused-ring (bicyclic) bond motifs is 1. The molecule has 1 unspecified atom stereocenters. The van der Waals surface area contributed by atoms with Crippen LogP contribution >= 0.6 is 0 Å². The lowest BCUT2D eigenvalue weighted by molar-refractivity contribution is -0.111. The van der Waals surface area contributed by atoms with Crippen molar-refractivity contribution in [1.29, 1.82) is 0 Å². The quantitative estimate of drug-likeness (QED) is 0.245. The molecular weight excluding hydrogens is 484 g/mol. The van der Waals surface area contributed by atoms with Crippen LogP contribution in [0.5, 0.6) is 5.75 Å². The molecule has 0 aromatic heterocycles. The van der Waals surface area contributed by atoms with Gasteiger partial charge in [0, 0.05) is 12.2 Å². The Hall–Kier alpha value is -3.93. The molecule has 0 saturated carbocycles. The molecule has 4 aromatic carbocycles. The van der Waals surface area contributed by atoms with Crippen LogP contribution in [0.3, 0.4) is 0 Å². The van der Waals surface area contributed by atoms with Gasteiger partial charge in [-0.05, 0) is 84.4 Å². The summed E-state index contributed by atoms with van der Waals surface area (Å²) in [5.74, 6) is 1.13. The van der Waals surface area contributed by atoms with Crippen molar-refractivity contribution in [2.45, 2.75) is 31.3 Å². The molecule has 1 amide bonds. The van der Waals surface area contributed by atoms with E-state index in [1.54, 1.807) is 6.08 Å². The molecule has 1 heterocycles.